The number of aromatic amines is 1. The number of hydrogen-bond donors (Lipinski definition) is 1. The number of rotatable bonds is 7. The van der Waals surface area contributed by atoms with Crippen molar-refractivity contribution in [2.45, 2.75) is 51.8 Å². The van der Waals surface area contributed by atoms with Crippen molar-refractivity contribution in [3.05, 3.63) is 80.9 Å². The lowest BCUT2D eigenvalue weighted by Crippen LogP contribution is -2.08. The highest BCUT2D eigenvalue weighted by Crippen LogP contribution is 2.24. The smallest absolute Gasteiger partial charge is 0.191 e. The van der Waals surface area contributed by atoms with Crippen LogP contribution in [0.1, 0.15) is 35.1 Å². The molecule has 0 aliphatic carbocycles. The fraction of sp³-hybridized carbons (Fsp3) is 0.292. The summed E-state index contributed by atoms with van der Waals surface area (Å²) in [4.78, 5) is 15.8. The van der Waals surface area contributed by atoms with Crippen molar-refractivity contribution in [1.82, 2.24) is 19.7 Å². The molecule has 0 fully saturated rings. The van der Waals surface area contributed by atoms with E-state index in [4.69, 9.17) is 4.74 Å². The number of fused-ring (bicyclic) bond motifs is 1. The highest BCUT2D eigenvalue weighted by molar-refractivity contribution is 7.98. The van der Waals surface area contributed by atoms with Crippen molar-refractivity contribution >= 4 is 22.7 Å². The molecule has 0 atom stereocenters. The molecule has 0 bridgehead atoms. The molecule has 6 nitrogen and oxygen atoms in total. The number of aryl methyl sites for hydroxylation is 3. The zero-order valence-electron chi connectivity index (χ0n) is 18.2. The third-order valence-electron chi connectivity index (χ3n) is 5.21. The van der Waals surface area contributed by atoms with E-state index >= 15 is 0 Å². The van der Waals surface area contributed by atoms with Crippen LogP contribution in [0.3, 0.4) is 0 Å². The van der Waals surface area contributed by atoms with E-state index in [2.05, 4.69) is 38.8 Å². The number of thioether (sulfide) groups is 1. The van der Waals surface area contributed by atoms with Gasteiger partial charge in [-0.2, -0.15) is 0 Å². The minimum absolute atomic E-state index is 0.0348. The molecular formula is C24H26N4O2S. The van der Waals surface area contributed by atoms with E-state index < -0.39 is 0 Å². The average Bonchev–Trinajstić information content (AvgIpc) is 3.15. The van der Waals surface area contributed by atoms with E-state index in [1.165, 1.54) is 0 Å². The zero-order valence-corrected chi connectivity index (χ0v) is 19.0. The summed E-state index contributed by atoms with van der Waals surface area (Å²) >= 11 is 1.56. The van der Waals surface area contributed by atoms with Crippen LogP contribution in [0.15, 0.2) is 52.4 Å². The van der Waals surface area contributed by atoms with Crippen molar-refractivity contribution < 1.29 is 4.74 Å². The summed E-state index contributed by atoms with van der Waals surface area (Å²) in [6.45, 7) is 9.24. The van der Waals surface area contributed by atoms with Gasteiger partial charge in [0.2, 0.25) is 0 Å². The monoisotopic (exact) mass is 434 g/mol. The van der Waals surface area contributed by atoms with Crippen LogP contribution in [0.4, 0.5) is 0 Å². The van der Waals surface area contributed by atoms with Crippen molar-refractivity contribution in [2.75, 3.05) is 0 Å². The molecule has 7 heteroatoms. The molecule has 31 heavy (non-hydrogen) atoms. The summed E-state index contributed by atoms with van der Waals surface area (Å²) in [6, 6.07) is 13.7. The van der Waals surface area contributed by atoms with E-state index in [9.17, 15) is 4.79 Å². The number of benzene rings is 2. The summed E-state index contributed by atoms with van der Waals surface area (Å²) in [5, 5.41) is 10.2. The van der Waals surface area contributed by atoms with Gasteiger partial charge in [0, 0.05) is 35.0 Å². The highest BCUT2D eigenvalue weighted by atomic mass is 32.2. The molecule has 0 unspecified atom stereocenters. The predicted molar refractivity (Wildman–Crippen MR) is 125 cm³/mol. The molecule has 0 aliphatic rings. The van der Waals surface area contributed by atoms with Crippen LogP contribution in [0.5, 0.6) is 5.75 Å². The fourth-order valence-electron chi connectivity index (χ4n) is 3.49. The molecule has 2 heterocycles. The third kappa shape index (κ3) is 4.66. The number of pyridine rings is 1. The Balaban J connectivity index is 1.49. The Morgan fingerprint density at radius 1 is 1.03 bits per heavy atom. The standard InChI is InChI=1S/C24H26N4O2S/c1-5-28-23(13-30-22-11-16(3)6-8-17(22)4)26-27-24(28)31-14-18-12-21(29)19-10-15(2)7-9-20(19)25-18/h6-12H,5,13-14H2,1-4H3,(H,25,29). The second kappa shape index (κ2) is 8.98. The minimum Gasteiger partial charge on any atom is -0.485 e. The lowest BCUT2D eigenvalue weighted by atomic mass is 10.1. The zero-order chi connectivity index (χ0) is 22.0. The van der Waals surface area contributed by atoms with Gasteiger partial charge in [0.05, 0.1) is 0 Å². The number of H-pyrrole nitrogens is 1. The second-order valence-corrected chi connectivity index (χ2v) is 8.64. The Bertz CT molecular complexity index is 1290. The van der Waals surface area contributed by atoms with Gasteiger partial charge in [0.15, 0.2) is 16.4 Å². The maximum atomic E-state index is 12.5. The van der Waals surface area contributed by atoms with Crippen LogP contribution in [-0.4, -0.2) is 19.7 Å². The predicted octanol–water partition coefficient (Wildman–Crippen LogP) is 4.94. The van der Waals surface area contributed by atoms with Crippen molar-refractivity contribution in [3.8, 4) is 5.75 Å². The number of nitrogens with zero attached hydrogens (tertiary/aromatic N) is 3. The van der Waals surface area contributed by atoms with Gasteiger partial charge in [-0.25, -0.2) is 0 Å². The number of nitrogens with one attached hydrogen (secondary N) is 1. The molecule has 1 N–H and O–H groups in total. The Kier molecular flexibility index (Phi) is 6.13. The molecule has 0 radical (unpaired) electrons. The Morgan fingerprint density at radius 2 is 1.81 bits per heavy atom. The third-order valence-corrected chi connectivity index (χ3v) is 6.22. The first kappa shape index (κ1) is 21.2. The minimum atomic E-state index is 0.0348. The van der Waals surface area contributed by atoms with Gasteiger partial charge in [-0.1, -0.05) is 35.5 Å². The molecule has 0 spiro atoms. The van der Waals surface area contributed by atoms with Crippen LogP contribution >= 0.6 is 11.8 Å². The fourth-order valence-corrected chi connectivity index (χ4v) is 4.42. The molecule has 160 valence electrons. The van der Waals surface area contributed by atoms with Crippen LogP contribution < -0.4 is 10.2 Å². The maximum absolute atomic E-state index is 12.5. The molecule has 0 amide bonds. The van der Waals surface area contributed by atoms with Crippen LogP contribution in [0.25, 0.3) is 10.9 Å². The van der Waals surface area contributed by atoms with Gasteiger partial charge in [-0.05, 0) is 57.0 Å². The highest BCUT2D eigenvalue weighted by Gasteiger charge is 2.13. The second-order valence-electron chi connectivity index (χ2n) is 7.70. The molecule has 0 aliphatic heterocycles. The Hall–Kier alpha value is -3.06. The molecule has 4 rings (SSSR count). The first-order chi connectivity index (χ1) is 14.9. The van der Waals surface area contributed by atoms with Gasteiger partial charge >= 0.3 is 0 Å². The Labute approximate surface area is 185 Å². The van der Waals surface area contributed by atoms with Crippen LogP contribution in [0.2, 0.25) is 0 Å². The summed E-state index contributed by atoms with van der Waals surface area (Å²) in [6.07, 6.45) is 0. The topological polar surface area (TPSA) is 72.8 Å². The molecule has 2 aromatic heterocycles. The lowest BCUT2D eigenvalue weighted by Gasteiger charge is -2.11. The van der Waals surface area contributed by atoms with Gasteiger partial charge in [-0.15, -0.1) is 10.2 Å². The van der Waals surface area contributed by atoms with Gasteiger partial charge in [0.1, 0.15) is 12.4 Å². The van der Waals surface area contributed by atoms with Gasteiger partial charge in [-0.3, -0.25) is 4.79 Å². The van der Waals surface area contributed by atoms with E-state index in [0.29, 0.717) is 12.4 Å². The van der Waals surface area contributed by atoms with E-state index in [1.807, 2.05) is 45.0 Å². The van der Waals surface area contributed by atoms with Crippen LogP contribution in [-0.2, 0) is 18.9 Å². The lowest BCUT2D eigenvalue weighted by molar-refractivity contribution is 0.286. The Morgan fingerprint density at radius 3 is 2.61 bits per heavy atom. The molecule has 0 saturated heterocycles. The van der Waals surface area contributed by atoms with Gasteiger partial charge in [0.25, 0.3) is 0 Å². The molecule has 4 aromatic rings. The van der Waals surface area contributed by atoms with Crippen molar-refractivity contribution in [1.29, 1.82) is 0 Å². The summed E-state index contributed by atoms with van der Waals surface area (Å²) in [5.41, 5.74) is 5.09. The summed E-state index contributed by atoms with van der Waals surface area (Å²) < 4.78 is 8.07. The first-order valence-electron chi connectivity index (χ1n) is 10.3. The van der Waals surface area contributed by atoms with Crippen molar-refractivity contribution in [3.63, 3.8) is 0 Å². The van der Waals surface area contributed by atoms with E-state index in [0.717, 1.165) is 56.6 Å². The number of aromatic nitrogens is 4. The van der Waals surface area contributed by atoms with E-state index in [1.54, 1.807) is 17.8 Å². The van der Waals surface area contributed by atoms with E-state index in [-0.39, 0.29) is 5.43 Å². The SMILES string of the molecule is CCn1c(COc2cc(C)ccc2C)nnc1SCc1cc(=O)c2cc(C)ccc2[nH]1. The molecular weight excluding hydrogens is 408 g/mol. The normalized spacial score (nSPS) is 11.2. The average molecular weight is 435 g/mol. The maximum Gasteiger partial charge on any atom is 0.191 e. The van der Waals surface area contributed by atoms with Crippen molar-refractivity contribution in [2.24, 2.45) is 0 Å². The summed E-state index contributed by atoms with van der Waals surface area (Å²) in [7, 11) is 0. The molecule has 0 saturated carbocycles. The molecule has 2 aromatic carbocycles. The summed E-state index contributed by atoms with van der Waals surface area (Å²) in [5.74, 6) is 2.26. The van der Waals surface area contributed by atoms with Crippen LogP contribution in [0, 0.1) is 20.8 Å². The number of hydrogen-bond acceptors (Lipinski definition) is 5. The largest absolute Gasteiger partial charge is 0.485 e. The first-order valence-corrected chi connectivity index (χ1v) is 11.3. The number of ether oxygens (including phenoxy) is 1. The quantitative estimate of drug-likeness (QED) is 0.417. The van der Waals surface area contributed by atoms with Gasteiger partial charge < -0.3 is 14.3 Å².